The number of imide groups is 1. The molecule has 22 heavy (non-hydrogen) atoms. The second kappa shape index (κ2) is 8.17. The summed E-state index contributed by atoms with van der Waals surface area (Å²) in [6.45, 7) is 7.65. The van der Waals surface area contributed by atoms with Crippen LogP contribution in [0.15, 0.2) is 24.3 Å². The highest BCUT2D eigenvalue weighted by atomic mass is 16.5. The molecule has 0 spiro atoms. The number of carbonyl (C=O) groups is 3. The van der Waals surface area contributed by atoms with E-state index < -0.39 is 24.0 Å². The van der Waals surface area contributed by atoms with Crippen molar-refractivity contribution in [1.29, 1.82) is 0 Å². The van der Waals surface area contributed by atoms with Crippen molar-refractivity contribution in [3.05, 3.63) is 35.4 Å². The summed E-state index contributed by atoms with van der Waals surface area (Å²) in [5, 5.41) is 4.52. The molecule has 0 fully saturated rings. The number of hydrogen-bond donors (Lipinski definition) is 2. The first-order valence-corrected chi connectivity index (χ1v) is 7.24. The Hall–Kier alpha value is -2.37. The molecule has 6 nitrogen and oxygen atoms in total. The maximum absolute atomic E-state index is 11.9. The number of benzene rings is 1. The predicted octanol–water partition coefficient (Wildman–Crippen LogP) is 2.20. The molecule has 0 heterocycles. The molecule has 2 N–H and O–H groups in total. The summed E-state index contributed by atoms with van der Waals surface area (Å²) in [6, 6.07) is 6.40. The van der Waals surface area contributed by atoms with Gasteiger partial charge in [0.1, 0.15) is 0 Å². The monoisotopic (exact) mass is 306 g/mol. The molecule has 0 aromatic heterocycles. The fourth-order valence-corrected chi connectivity index (χ4v) is 1.70. The number of rotatable bonds is 5. The SMILES string of the molecule is CCNC(=O)NC(=O)C(C)OC(=O)c1ccc(C(C)C)cc1. The van der Waals surface area contributed by atoms with Crippen molar-refractivity contribution >= 4 is 17.9 Å². The average molecular weight is 306 g/mol. The molecule has 1 rings (SSSR count). The fourth-order valence-electron chi connectivity index (χ4n) is 1.70. The standard InChI is InChI=1S/C16H22N2O4/c1-5-17-16(21)18-14(19)11(4)22-15(20)13-8-6-12(7-9-13)10(2)3/h6-11H,5H2,1-4H3,(H2,17,18,19,21). The van der Waals surface area contributed by atoms with E-state index in [0.29, 0.717) is 18.0 Å². The topological polar surface area (TPSA) is 84.5 Å². The van der Waals surface area contributed by atoms with Crippen LogP contribution in [0.4, 0.5) is 4.79 Å². The van der Waals surface area contributed by atoms with Gasteiger partial charge >= 0.3 is 12.0 Å². The Bertz CT molecular complexity index is 538. The summed E-state index contributed by atoms with van der Waals surface area (Å²) >= 11 is 0. The first-order chi connectivity index (χ1) is 10.3. The van der Waals surface area contributed by atoms with Gasteiger partial charge in [-0.05, 0) is 37.5 Å². The van der Waals surface area contributed by atoms with Crippen LogP contribution in [-0.2, 0) is 9.53 Å². The highest BCUT2D eigenvalue weighted by molar-refractivity contribution is 5.98. The van der Waals surface area contributed by atoms with Gasteiger partial charge < -0.3 is 10.1 Å². The summed E-state index contributed by atoms with van der Waals surface area (Å²) in [4.78, 5) is 34.9. The van der Waals surface area contributed by atoms with E-state index in [2.05, 4.69) is 24.5 Å². The number of amides is 3. The highest BCUT2D eigenvalue weighted by Gasteiger charge is 2.20. The van der Waals surface area contributed by atoms with E-state index >= 15 is 0 Å². The molecule has 0 saturated carbocycles. The number of esters is 1. The van der Waals surface area contributed by atoms with Crippen LogP contribution < -0.4 is 10.6 Å². The minimum atomic E-state index is -1.06. The van der Waals surface area contributed by atoms with Crippen molar-refractivity contribution in [1.82, 2.24) is 10.6 Å². The third-order valence-electron chi connectivity index (χ3n) is 3.04. The Labute approximate surface area is 130 Å². The fraction of sp³-hybridized carbons (Fsp3) is 0.438. The second-order valence-electron chi connectivity index (χ2n) is 5.17. The predicted molar refractivity (Wildman–Crippen MR) is 82.6 cm³/mol. The van der Waals surface area contributed by atoms with Gasteiger partial charge in [-0.15, -0.1) is 0 Å². The van der Waals surface area contributed by atoms with Crippen LogP contribution in [0.1, 0.15) is 49.5 Å². The molecular weight excluding hydrogens is 284 g/mol. The van der Waals surface area contributed by atoms with E-state index in [-0.39, 0.29) is 0 Å². The van der Waals surface area contributed by atoms with E-state index in [1.165, 1.54) is 6.92 Å². The second-order valence-corrected chi connectivity index (χ2v) is 5.17. The normalized spacial score (nSPS) is 11.7. The van der Waals surface area contributed by atoms with Gasteiger partial charge in [-0.1, -0.05) is 26.0 Å². The molecule has 1 aromatic rings. The summed E-state index contributed by atoms with van der Waals surface area (Å²) < 4.78 is 5.05. The highest BCUT2D eigenvalue weighted by Crippen LogP contribution is 2.15. The van der Waals surface area contributed by atoms with Crippen molar-refractivity contribution in [2.45, 2.75) is 39.7 Å². The van der Waals surface area contributed by atoms with E-state index in [1.807, 2.05) is 12.1 Å². The van der Waals surface area contributed by atoms with Crippen molar-refractivity contribution < 1.29 is 19.1 Å². The van der Waals surface area contributed by atoms with Crippen molar-refractivity contribution in [2.75, 3.05) is 6.54 Å². The number of nitrogens with one attached hydrogen (secondary N) is 2. The van der Waals surface area contributed by atoms with Crippen LogP contribution in [0.25, 0.3) is 0 Å². The first-order valence-electron chi connectivity index (χ1n) is 7.24. The largest absolute Gasteiger partial charge is 0.449 e. The lowest BCUT2D eigenvalue weighted by atomic mass is 10.0. The number of carbonyl (C=O) groups excluding carboxylic acids is 3. The Morgan fingerprint density at radius 1 is 1.09 bits per heavy atom. The molecule has 0 aliphatic heterocycles. The van der Waals surface area contributed by atoms with Crippen LogP contribution in [-0.4, -0.2) is 30.6 Å². The Morgan fingerprint density at radius 2 is 1.68 bits per heavy atom. The minimum absolute atomic E-state index is 0.363. The lowest BCUT2D eigenvalue weighted by Gasteiger charge is -2.13. The van der Waals surface area contributed by atoms with Crippen molar-refractivity contribution in [2.24, 2.45) is 0 Å². The average Bonchev–Trinajstić information content (AvgIpc) is 2.47. The molecule has 0 aliphatic rings. The van der Waals surface area contributed by atoms with Crippen LogP contribution in [0, 0.1) is 0 Å². The zero-order valence-corrected chi connectivity index (χ0v) is 13.3. The summed E-state index contributed by atoms with van der Waals surface area (Å²) in [7, 11) is 0. The quantitative estimate of drug-likeness (QED) is 0.817. The van der Waals surface area contributed by atoms with E-state index in [4.69, 9.17) is 4.74 Å². The van der Waals surface area contributed by atoms with E-state index in [9.17, 15) is 14.4 Å². The molecule has 0 radical (unpaired) electrons. The zero-order valence-electron chi connectivity index (χ0n) is 13.3. The van der Waals surface area contributed by atoms with Gasteiger partial charge in [-0.2, -0.15) is 0 Å². The molecule has 1 aromatic carbocycles. The summed E-state index contributed by atoms with van der Waals surface area (Å²) in [5.74, 6) is -0.904. The van der Waals surface area contributed by atoms with Gasteiger partial charge in [0.2, 0.25) is 0 Å². The molecule has 0 bridgehead atoms. The maximum Gasteiger partial charge on any atom is 0.338 e. The first kappa shape index (κ1) is 17.7. The van der Waals surface area contributed by atoms with Crippen LogP contribution in [0.5, 0.6) is 0 Å². The van der Waals surface area contributed by atoms with Crippen LogP contribution in [0.3, 0.4) is 0 Å². The third-order valence-corrected chi connectivity index (χ3v) is 3.04. The smallest absolute Gasteiger partial charge is 0.338 e. The number of hydrogen-bond acceptors (Lipinski definition) is 4. The van der Waals surface area contributed by atoms with E-state index in [0.717, 1.165) is 5.56 Å². The van der Waals surface area contributed by atoms with Gasteiger partial charge in [0.05, 0.1) is 5.56 Å². The number of ether oxygens (including phenoxy) is 1. The van der Waals surface area contributed by atoms with Gasteiger partial charge in [0.25, 0.3) is 5.91 Å². The van der Waals surface area contributed by atoms with Gasteiger partial charge in [-0.25, -0.2) is 9.59 Å². The minimum Gasteiger partial charge on any atom is -0.449 e. The summed E-state index contributed by atoms with van der Waals surface area (Å²) in [6.07, 6.45) is -1.06. The van der Waals surface area contributed by atoms with Gasteiger partial charge in [-0.3, -0.25) is 10.1 Å². The molecule has 0 saturated heterocycles. The third kappa shape index (κ3) is 5.20. The lowest BCUT2D eigenvalue weighted by Crippen LogP contribution is -2.44. The lowest BCUT2D eigenvalue weighted by molar-refractivity contribution is -0.127. The molecule has 3 amide bonds. The molecular formula is C16H22N2O4. The Balaban J connectivity index is 2.59. The van der Waals surface area contributed by atoms with E-state index in [1.54, 1.807) is 19.1 Å². The van der Waals surface area contributed by atoms with Crippen molar-refractivity contribution in [3.8, 4) is 0 Å². The Kier molecular flexibility index (Phi) is 6.56. The molecule has 1 atom stereocenters. The Morgan fingerprint density at radius 3 is 2.18 bits per heavy atom. The zero-order chi connectivity index (χ0) is 16.7. The van der Waals surface area contributed by atoms with Gasteiger partial charge in [0.15, 0.2) is 6.10 Å². The maximum atomic E-state index is 11.9. The number of urea groups is 1. The molecule has 1 unspecified atom stereocenters. The van der Waals surface area contributed by atoms with Gasteiger partial charge in [0, 0.05) is 6.54 Å². The molecule has 6 heteroatoms. The molecule has 120 valence electrons. The van der Waals surface area contributed by atoms with Crippen LogP contribution in [0.2, 0.25) is 0 Å². The summed E-state index contributed by atoms with van der Waals surface area (Å²) in [5.41, 5.74) is 1.47. The van der Waals surface area contributed by atoms with Crippen molar-refractivity contribution in [3.63, 3.8) is 0 Å². The van der Waals surface area contributed by atoms with Crippen LogP contribution >= 0.6 is 0 Å². The molecule has 0 aliphatic carbocycles.